The quantitative estimate of drug-likeness (QED) is 0.683. The summed E-state index contributed by atoms with van der Waals surface area (Å²) in [5, 5.41) is 0.529. The summed E-state index contributed by atoms with van der Waals surface area (Å²) in [4.78, 5) is 29.4. The van der Waals surface area contributed by atoms with Crippen molar-refractivity contribution in [3.8, 4) is 0 Å². The second-order valence-corrected chi connectivity index (χ2v) is 7.80. The van der Waals surface area contributed by atoms with Gasteiger partial charge in [-0.05, 0) is 29.3 Å². The maximum absolute atomic E-state index is 13.5. The minimum Gasteiger partial charge on any atom is -0.351 e. The molecule has 30 heavy (non-hydrogen) atoms. The van der Waals surface area contributed by atoms with Gasteiger partial charge in [0, 0.05) is 29.7 Å². The summed E-state index contributed by atoms with van der Waals surface area (Å²) in [7, 11) is 1.72. The van der Waals surface area contributed by atoms with Gasteiger partial charge < -0.3 is 15.5 Å². The fourth-order valence-electron chi connectivity index (χ4n) is 4.12. The Hall–Kier alpha value is -3.31. The molecule has 3 aromatic rings. The van der Waals surface area contributed by atoms with Gasteiger partial charge in [0.05, 0.1) is 6.04 Å². The van der Waals surface area contributed by atoms with Crippen molar-refractivity contribution in [2.75, 3.05) is 11.9 Å². The monoisotopic (exact) mass is 419 g/mol. The number of nitrogens with two attached hydrogens (primary N) is 1. The van der Waals surface area contributed by atoms with Gasteiger partial charge in [-0.2, -0.15) is 0 Å². The molecule has 152 valence electrons. The van der Waals surface area contributed by atoms with Crippen molar-refractivity contribution in [2.24, 2.45) is 5.73 Å². The molecule has 0 radical (unpaired) electrons. The highest BCUT2D eigenvalue weighted by molar-refractivity contribution is 6.30. The highest BCUT2D eigenvalue weighted by Gasteiger charge is 2.42. The van der Waals surface area contributed by atoms with Crippen LogP contribution >= 0.6 is 11.6 Å². The Bertz CT molecular complexity index is 1070. The maximum Gasteiger partial charge on any atom is 0.316 e. The van der Waals surface area contributed by atoms with E-state index in [-0.39, 0.29) is 5.91 Å². The average molecular weight is 420 g/mol. The third-order valence-corrected chi connectivity index (χ3v) is 5.75. The summed E-state index contributed by atoms with van der Waals surface area (Å²) < 4.78 is 0. The average Bonchev–Trinajstić information content (AvgIpc) is 2.84. The van der Waals surface area contributed by atoms with E-state index in [0.717, 1.165) is 16.7 Å². The topological polar surface area (TPSA) is 66.6 Å². The number of carbonyl (C=O) groups excluding carboxylic acids is 2. The molecule has 2 atom stereocenters. The van der Waals surface area contributed by atoms with Crippen LogP contribution in [0.1, 0.15) is 22.7 Å². The van der Waals surface area contributed by atoms with Gasteiger partial charge in [0.1, 0.15) is 6.04 Å². The second-order valence-electron chi connectivity index (χ2n) is 7.36. The summed E-state index contributed by atoms with van der Waals surface area (Å²) in [6, 6.07) is 22.6. The summed E-state index contributed by atoms with van der Waals surface area (Å²) in [6.07, 6.45) is 0.359. The Morgan fingerprint density at radius 1 is 1.00 bits per heavy atom. The van der Waals surface area contributed by atoms with E-state index in [4.69, 9.17) is 17.3 Å². The van der Waals surface area contributed by atoms with Gasteiger partial charge in [-0.25, -0.2) is 4.79 Å². The first-order valence-electron chi connectivity index (χ1n) is 9.71. The number of urea groups is 1. The third kappa shape index (κ3) is 3.64. The Morgan fingerprint density at radius 3 is 2.27 bits per heavy atom. The lowest BCUT2D eigenvalue weighted by Gasteiger charge is -2.35. The largest absolute Gasteiger partial charge is 0.351 e. The van der Waals surface area contributed by atoms with Crippen molar-refractivity contribution in [3.63, 3.8) is 0 Å². The lowest BCUT2D eigenvalue weighted by Crippen LogP contribution is -2.52. The molecule has 4 rings (SSSR count). The van der Waals surface area contributed by atoms with E-state index < -0.39 is 18.1 Å². The first-order chi connectivity index (χ1) is 14.5. The zero-order valence-corrected chi connectivity index (χ0v) is 17.3. The summed E-state index contributed by atoms with van der Waals surface area (Å²) in [6.45, 7) is 0. The SMILES string of the molecule is CN1C(=O)C(Cc2ccccc2)N(C(N)=O)C(c2ccccc2)c2cc(Cl)ccc21. The van der Waals surface area contributed by atoms with Crippen LogP contribution in [0.2, 0.25) is 5.02 Å². The van der Waals surface area contributed by atoms with Crippen LogP contribution < -0.4 is 10.6 Å². The molecule has 3 amide bonds. The van der Waals surface area contributed by atoms with Gasteiger partial charge in [-0.3, -0.25) is 4.79 Å². The molecule has 1 heterocycles. The van der Waals surface area contributed by atoms with Crippen molar-refractivity contribution in [2.45, 2.75) is 18.5 Å². The predicted molar refractivity (Wildman–Crippen MR) is 119 cm³/mol. The van der Waals surface area contributed by atoms with Crippen molar-refractivity contribution in [3.05, 3.63) is 101 Å². The molecule has 0 saturated heterocycles. The van der Waals surface area contributed by atoms with E-state index in [9.17, 15) is 9.59 Å². The minimum absolute atomic E-state index is 0.195. The van der Waals surface area contributed by atoms with E-state index in [1.165, 1.54) is 4.90 Å². The number of fused-ring (bicyclic) bond motifs is 1. The van der Waals surface area contributed by atoms with E-state index >= 15 is 0 Å². The number of likely N-dealkylation sites (N-methyl/N-ethyl adjacent to an activating group) is 1. The molecule has 0 fully saturated rings. The van der Waals surface area contributed by atoms with Crippen LogP contribution in [-0.2, 0) is 11.2 Å². The van der Waals surface area contributed by atoms with Crippen LogP contribution in [0.25, 0.3) is 0 Å². The lowest BCUT2D eigenvalue weighted by molar-refractivity contribution is -0.122. The van der Waals surface area contributed by atoms with Crippen LogP contribution in [0.5, 0.6) is 0 Å². The fraction of sp³-hybridized carbons (Fsp3) is 0.167. The molecule has 2 unspecified atom stereocenters. The standard InChI is InChI=1S/C24H22ClN3O2/c1-27-20-13-12-18(25)15-19(20)22(17-10-6-3-7-11-17)28(24(26)30)21(23(27)29)14-16-8-4-2-5-9-16/h2-13,15,21-22H,14H2,1H3,(H2,26,30). The Balaban J connectivity index is 1.94. The summed E-state index contributed by atoms with van der Waals surface area (Å²) >= 11 is 6.32. The molecule has 2 N–H and O–H groups in total. The summed E-state index contributed by atoms with van der Waals surface area (Å²) in [5.74, 6) is -0.195. The Kier molecular flexibility index (Phi) is 5.46. The zero-order valence-electron chi connectivity index (χ0n) is 16.5. The fourth-order valence-corrected chi connectivity index (χ4v) is 4.30. The number of hydrogen-bond acceptors (Lipinski definition) is 2. The molecule has 0 saturated carbocycles. The van der Waals surface area contributed by atoms with Gasteiger partial charge in [-0.15, -0.1) is 0 Å². The number of halogens is 1. The van der Waals surface area contributed by atoms with Crippen molar-refractivity contribution in [1.29, 1.82) is 0 Å². The molecule has 0 aliphatic carbocycles. The first kappa shape index (κ1) is 20.0. The van der Waals surface area contributed by atoms with Gasteiger partial charge in [0.25, 0.3) is 0 Å². The molecule has 1 aliphatic rings. The normalized spacial score (nSPS) is 18.7. The number of nitrogens with zero attached hydrogens (tertiary/aromatic N) is 2. The van der Waals surface area contributed by atoms with Crippen LogP contribution in [0, 0.1) is 0 Å². The van der Waals surface area contributed by atoms with Gasteiger partial charge in [0.2, 0.25) is 5.91 Å². The van der Waals surface area contributed by atoms with Crippen LogP contribution in [0.3, 0.4) is 0 Å². The number of carbonyl (C=O) groups is 2. The maximum atomic E-state index is 13.5. The molecule has 0 bridgehead atoms. The highest BCUT2D eigenvalue weighted by atomic mass is 35.5. The molecule has 5 nitrogen and oxygen atoms in total. The zero-order chi connectivity index (χ0) is 21.3. The first-order valence-corrected chi connectivity index (χ1v) is 10.1. The van der Waals surface area contributed by atoms with Crippen molar-refractivity contribution < 1.29 is 9.59 Å². The third-order valence-electron chi connectivity index (χ3n) is 5.52. The van der Waals surface area contributed by atoms with Crippen LogP contribution in [-0.4, -0.2) is 29.9 Å². The van der Waals surface area contributed by atoms with Gasteiger partial charge >= 0.3 is 6.03 Å². The molecular formula is C24H22ClN3O2. The second kappa shape index (κ2) is 8.20. The van der Waals surface area contributed by atoms with Crippen LogP contribution in [0.4, 0.5) is 10.5 Å². The Labute approximate surface area is 180 Å². The smallest absolute Gasteiger partial charge is 0.316 e. The van der Waals surface area contributed by atoms with Crippen LogP contribution in [0.15, 0.2) is 78.9 Å². The number of rotatable bonds is 3. The lowest BCUT2D eigenvalue weighted by atomic mass is 9.94. The predicted octanol–water partition coefficient (Wildman–Crippen LogP) is 4.40. The van der Waals surface area contributed by atoms with Crippen molar-refractivity contribution >= 4 is 29.2 Å². The number of primary amides is 1. The number of benzene rings is 3. The molecular weight excluding hydrogens is 398 g/mol. The van der Waals surface area contributed by atoms with E-state index in [0.29, 0.717) is 17.1 Å². The molecule has 3 aromatic carbocycles. The summed E-state index contributed by atoms with van der Waals surface area (Å²) in [5.41, 5.74) is 9.18. The number of anilines is 1. The number of amides is 3. The van der Waals surface area contributed by atoms with Crippen molar-refractivity contribution in [1.82, 2.24) is 4.90 Å². The minimum atomic E-state index is -0.758. The molecule has 1 aliphatic heterocycles. The molecule has 6 heteroatoms. The Morgan fingerprint density at radius 2 is 1.63 bits per heavy atom. The molecule has 0 aromatic heterocycles. The number of hydrogen-bond donors (Lipinski definition) is 1. The molecule has 0 spiro atoms. The van der Waals surface area contributed by atoms with Gasteiger partial charge in [-0.1, -0.05) is 72.3 Å². The van der Waals surface area contributed by atoms with E-state index in [1.807, 2.05) is 66.7 Å². The van der Waals surface area contributed by atoms with Gasteiger partial charge in [0.15, 0.2) is 0 Å². The highest BCUT2D eigenvalue weighted by Crippen LogP contribution is 2.41. The van der Waals surface area contributed by atoms with E-state index in [1.54, 1.807) is 24.1 Å². The van der Waals surface area contributed by atoms with E-state index in [2.05, 4.69) is 0 Å².